The van der Waals surface area contributed by atoms with Gasteiger partial charge in [0.05, 0.1) is 22.8 Å². The van der Waals surface area contributed by atoms with E-state index in [0.29, 0.717) is 0 Å². The van der Waals surface area contributed by atoms with Gasteiger partial charge in [0.2, 0.25) is 0 Å². The highest BCUT2D eigenvalue weighted by Gasteiger charge is 2.18. The maximum Gasteiger partial charge on any atom is 0.337 e. The molecule has 0 aliphatic heterocycles. The summed E-state index contributed by atoms with van der Waals surface area (Å²) in [7, 11) is 0. The number of halogens is 3. The topological polar surface area (TPSA) is 76.2 Å². The zero-order valence-corrected chi connectivity index (χ0v) is 8.13. The average molecular weight is 237 g/mol. The molecule has 0 fully saturated rings. The fraction of sp³-hybridized carbons (Fsp3) is 0.250. The van der Waals surface area contributed by atoms with Crippen LogP contribution in [0.2, 0.25) is 0 Å². The van der Waals surface area contributed by atoms with Crippen LogP contribution in [0.15, 0.2) is 6.07 Å². The molecule has 1 rings (SSSR count). The standard InChI is InChI=1S/C8H7ClF2N2O2/c9-2-5-6(12)3(8(14)15)1-4(13-5)7(10)11/h1,7H,2,12H2,(H,14,15). The molecule has 82 valence electrons. The van der Waals surface area contributed by atoms with Crippen molar-refractivity contribution in [1.29, 1.82) is 0 Å². The molecular weight excluding hydrogens is 230 g/mol. The van der Waals surface area contributed by atoms with Gasteiger partial charge in [-0.25, -0.2) is 18.6 Å². The van der Waals surface area contributed by atoms with Gasteiger partial charge in [-0.15, -0.1) is 11.6 Å². The molecule has 7 heteroatoms. The Balaban J connectivity index is 3.38. The Kier molecular flexibility index (Phi) is 3.41. The minimum absolute atomic E-state index is 0.0492. The van der Waals surface area contributed by atoms with Gasteiger partial charge in [0.15, 0.2) is 0 Å². The lowest BCUT2D eigenvalue weighted by atomic mass is 10.1. The lowest BCUT2D eigenvalue weighted by molar-refractivity contribution is 0.0697. The van der Waals surface area contributed by atoms with Crippen LogP contribution in [0.4, 0.5) is 14.5 Å². The zero-order chi connectivity index (χ0) is 11.6. The normalized spacial score (nSPS) is 10.7. The fourth-order valence-corrected chi connectivity index (χ4v) is 1.22. The largest absolute Gasteiger partial charge is 0.478 e. The number of carbonyl (C=O) groups is 1. The van der Waals surface area contributed by atoms with Crippen LogP contribution in [0, 0.1) is 0 Å². The van der Waals surface area contributed by atoms with E-state index in [4.69, 9.17) is 22.4 Å². The lowest BCUT2D eigenvalue weighted by Crippen LogP contribution is -2.09. The number of nitrogens with two attached hydrogens (primary N) is 1. The van der Waals surface area contributed by atoms with E-state index in [1.165, 1.54) is 0 Å². The maximum atomic E-state index is 12.3. The third kappa shape index (κ3) is 2.33. The summed E-state index contributed by atoms with van der Waals surface area (Å²) in [5, 5.41) is 8.70. The molecule has 0 radical (unpaired) electrons. The molecule has 4 nitrogen and oxygen atoms in total. The molecule has 0 aliphatic rings. The number of rotatable bonds is 3. The van der Waals surface area contributed by atoms with E-state index in [1.54, 1.807) is 0 Å². The van der Waals surface area contributed by atoms with Crippen LogP contribution in [0.25, 0.3) is 0 Å². The van der Waals surface area contributed by atoms with Gasteiger partial charge in [0.1, 0.15) is 5.69 Å². The summed E-state index contributed by atoms with van der Waals surface area (Å²) >= 11 is 5.41. The molecule has 15 heavy (non-hydrogen) atoms. The van der Waals surface area contributed by atoms with Crippen molar-refractivity contribution in [3.8, 4) is 0 Å². The van der Waals surface area contributed by atoms with Crippen LogP contribution in [0.1, 0.15) is 28.2 Å². The Labute approximate surface area is 88.7 Å². The summed E-state index contributed by atoms with van der Waals surface area (Å²) in [6, 6.07) is 0.748. The lowest BCUT2D eigenvalue weighted by Gasteiger charge is -2.08. The van der Waals surface area contributed by atoms with Crippen LogP contribution in [-0.2, 0) is 5.88 Å². The molecule has 1 aromatic rings. The van der Waals surface area contributed by atoms with Gasteiger partial charge in [-0.2, -0.15) is 0 Å². The molecule has 0 bridgehead atoms. The molecule has 0 atom stereocenters. The van der Waals surface area contributed by atoms with E-state index >= 15 is 0 Å². The number of alkyl halides is 3. The highest BCUT2D eigenvalue weighted by atomic mass is 35.5. The summed E-state index contributed by atoms with van der Waals surface area (Å²) < 4.78 is 24.6. The molecule has 0 saturated heterocycles. The van der Waals surface area contributed by atoms with E-state index < -0.39 is 23.7 Å². The van der Waals surface area contributed by atoms with Crippen molar-refractivity contribution in [2.75, 3.05) is 5.73 Å². The van der Waals surface area contributed by atoms with Gasteiger partial charge in [-0.05, 0) is 6.07 Å². The van der Waals surface area contributed by atoms with Crippen LogP contribution < -0.4 is 5.73 Å². The molecule has 0 saturated carbocycles. The van der Waals surface area contributed by atoms with E-state index in [1.807, 2.05) is 0 Å². The summed E-state index contributed by atoms with van der Waals surface area (Å²) in [4.78, 5) is 14.1. The van der Waals surface area contributed by atoms with Crippen LogP contribution >= 0.6 is 11.6 Å². The monoisotopic (exact) mass is 236 g/mol. The third-order valence-corrected chi connectivity index (χ3v) is 1.99. The first-order valence-corrected chi connectivity index (χ1v) is 4.37. The molecule has 0 amide bonds. The van der Waals surface area contributed by atoms with Gasteiger partial charge in [-0.3, -0.25) is 0 Å². The van der Waals surface area contributed by atoms with Gasteiger partial charge in [-0.1, -0.05) is 0 Å². The van der Waals surface area contributed by atoms with Crippen molar-refractivity contribution >= 4 is 23.3 Å². The highest BCUT2D eigenvalue weighted by Crippen LogP contribution is 2.24. The number of aromatic nitrogens is 1. The third-order valence-electron chi connectivity index (χ3n) is 1.74. The first kappa shape index (κ1) is 11.6. The number of hydrogen-bond donors (Lipinski definition) is 2. The summed E-state index contributed by atoms with van der Waals surface area (Å²) in [5.74, 6) is -1.60. The van der Waals surface area contributed by atoms with E-state index in [-0.39, 0.29) is 17.3 Å². The van der Waals surface area contributed by atoms with E-state index in [0.717, 1.165) is 6.07 Å². The molecule has 3 N–H and O–H groups in total. The first-order chi connectivity index (χ1) is 6.97. The van der Waals surface area contributed by atoms with Gasteiger partial charge >= 0.3 is 5.97 Å². The minimum Gasteiger partial charge on any atom is -0.478 e. The van der Waals surface area contributed by atoms with Crippen molar-refractivity contribution in [3.05, 3.63) is 23.0 Å². The predicted octanol–water partition coefficient (Wildman–Crippen LogP) is 2.04. The molecule has 0 spiro atoms. The number of anilines is 1. The molecule has 1 aromatic heterocycles. The number of pyridine rings is 1. The Morgan fingerprint density at radius 1 is 1.67 bits per heavy atom. The number of carboxylic acid groups (broad SMARTS) is 1. The van der Waals surface area contributed by atoms with Gasteiger partial charge in [0, 0.05) is 0 Å². The Bertz CT molecular complexity index is 398. The first-order valence-electron chi connectivity index (χ1n) is 3.84. The molecule has 0 aromatic carbocycles. The summed E-state index contributed by atoms with van der Waals surface area (Å²) in [6.45, 7) is 0. The summed E-state index contributed by atoms with van der Waals surface area (Å²) in [6.07, 6.45) is -2.86. The molecular formula is C8H7ClF2N2O2. The van der Waals surface area contributed by atoms with Crippen molar-refractivity contribution < 1.29 is 18.7 Å². The zero-order valence-electron chi connectivity index (χ0n) is 7.38. The average Bonchev–Trinajstić information content (AvgIpc) is 2.17. The second-order valence-electron chi connectivity index (χ2n) is 2.69. The number of carboxylic acids is 1. The number of aromatic carboxylic acids is 1. The number of nitrogen functional groups attached to an aromatic ring is 1. The van der Waals surface area contributed by atoms with Gasteiger partial charge < -0.3 is 10.8 Å². The summed E-state index contributed by atoms with van der Waals surface area (Å²) in [5.41, 5.74) is 4.12. The van der Waals surface area contributed by atoms with E-state index in [9.17, 15) is 13.6 Å². The van der Waals surface area contributed by atoms with Crippen LogP contribution in [-0.4, -0.2) is 16.1 Å². The highest BCUT2D eigenvalue weighted by molar-refractivity contribution is 6.17. The second kappa shape index (κ2) is 4.39. The molecule has 0 aliphatic carbocycles. The number of nitrogens with zero attached hydrogens (tertiary/aromatic N) is 1. The fourth-order valence-electron chi connectivity index (χ4n) is 1.02. The number of hydrogen-bond acceptors (Lipinski definition) is 3. The van der Waals surface area contributed by atoms with Crippen molar-refractivity contribution in [1.82, 2.24) is 4.98 Å². The Morgan fingerprint density at radius 3 is 2.67 bits per heavy atom. The molecule has 0 unspecified atom stereocenters. The predicted molar refractivity (Wildman–Crippen MR) is 50.1 cm³/mol. The smallest absolute Gasteiger partial charge is 0.337 e. The minimum atomic E-state index is -2.86. The van der Waals surface area contributed by atoms with Crippen LogP contribution in [0.3, 0.4) is 0 Å². The van der Waals surface area contributed by atoms with Crippen molar-refractivity contribution in [2.45, 2.75) is 12.3 Å². The second-order valence-corrected chi connectivity index (χ2v) is 2.96. The van der Waals surface area contributed by atoms with Gasteiger partial charge in [0.25, 0.3) is 6.43 Å². The Morgan fingerprint density at radius 2 is 2.27 bits per heavy atom. The SMILES string of the molecule is Nc1c(C(=O)O)cc(C(F)F)nc1CCl. The molecule has 1 heterocycles. The van der Waals surface area contributed by atoms with Crippen molar-refractivity contribution in [3.63, 3.8) is 0 Å². The maximum absolute atomic E-state index is 12.3. The van der Waals surface area contributed by atoms with E-state index in [2.05, 4.69) is 4.98 Å². The van der Waals surface area contributed by atoms with Crippen LogP contribution in [0.5, 0.6) is 0 Å². The van der Waals surface area contributed by atoms with Crippen molar-refractivity contribution in [2.24, 2.45) is 0 Å². The quantitative estimate of drug-likeness (QED) is 0.788. The Hall–Kier alpha value is -1.43.